The zero-order chi connectivity index (χ0) is 15.7. The van der Waals surface area contributed by atoms with Crippen LogP contribution in [0.5, 0.6) is 0 Å². The van der Waals surface area contributed by atoms with E-state index in [2.05, 4.69) is 14.8 Å². The van der Waals surface area contributed by atoms with Gasteiger partial charge in [-0.2, -0.15) is 0 Å². The van der Waals surface area contributed by atoms with Crippen LogP contribution in [-0.2, 0) is 16.1 Å². The summed E-state index contributed by atoms with van der Waals surface area (Å²) in [5.41, 5.74) is 0.118. The Labute approximate surface area is 141 Å². The summed E-state index contributed by atoms with van der Waals surface area (Å²) in [6, 6.07) is 0. The van der Waals surface area contributed by atoms with Crippen LogP contribution < -0.4 is 0 Å². The number of amides is 1. The topological polar surface area (TPSA) is 45.7 Å². The molecule has 0 bridgehead atoms. The number of ether oxygens (including phenoxy) is 1. The van der Waals surface area contributed by atoms with Crippen LogP contribution in [0.4, 0.5) is 0 Å². The van der Waals surface area contributed by atoms with Crippen molar-refractivity contribution in [3.8, 4) is 0 Å². The van der Waals surface area contributed by atoms with E-state index in [9.17, 15) is 4.79 Å². The van der Waals surface area contributed by atoms with Gasteiger partial charge >= 0.3 is 0 Å². The van der Waals surface area contributed by atoms with Crippen LogP contribution in [0.25, 0.3) is 0 Å². The predicted molar refractivity (Wildman–Crippen MR) is 89.2 cm³/mol. The van der Waals surface area contributed by atoms with Crippen molar-refractivity contribution in [1.82, 2.24) is 14.8 Å². The molecule has 6 heteroatoms. The van der Waals surface area contributed by atoms with Gasteiger partial charge in [-0.25, -0.2) is 4.98 Å². The summed E-state index contributed by atoms with van der Waals surface area (Å²) in [7, 11) is 0. The van der Waals surface area contributed by atoms with Gasteiger partial charge in [-0.1, -0.05) is 0 Å². The molecule has 1 atom stereocenters. The molecule has 4 rings (SSSR count). The van der Waals surface area contributed by atoms with Gasteiger partial charge in [-0.3, -0.25) is 9.69 Å². The number of hydrogen-bond acceptors (Lipinski definition) is 5. The van der Waals surface area contributed by atoms with Gasteiger partial charge in [-0.05, 0) is 31.7 Å². The van der Waals surface area contributed by atoms with Gasteiger partial charge in [-0.15, -0.1) is 11.3 Å². The minimum absolute atomic E-state index is 0.118. The number of rotatable bonds is 4. The second kappa shape index (κ2) is 6.49. The van der Waals surface area contributed by atoms with E-state index in [0.29, 0.717) is 18.4 Å². The molecule has 1 amide bonds. The first-order chi connectivity index (χ1) is 11.2. The SMILES string of the molecule is O=C(CC1CC1)N1CCOCC2(CCN(Cc3nccs3)C2)C1. The summed E-state index contributed by atoms with van der Waals surface area (Å²) >= 11 is 1.72. The smallest absolute Gasteiger partial charge is 0.222 e. The second-order valence-corrected chi connectivity index (χ2v) is 8.38. The maximum absolute atomic E-state index is 12.5. The summed E-state index contributed by atoms with van der Waals surface area (Å²) in [5, 5.41) is 3.21. The number of thiazole rings is 1. The number of hydrogen-bond donors (Lipinski definition) is 0. The number of likely N-dealkylation sites (tertiary alicyclic amines) is 1. The van der Waals surface area contributed by atoms with Crippen LogP contribution >= 0.6 is 11.3 Å². The van der Waals surface area contributed by atoms with Crippen LogP contribution in [-0.4, -0.2) is 60.1 Å². The number of carbonyl (C=O) groups is 1. The molecule has 2 aliphatic heterocycles. The van der Waals surface area contributed by atoms with E-state index in [1.54, 1.807) is 11.3 Å². The van der Waals surface area contributed by atoms with Crippen LogP contribution in [0.15, 0.2) is 11.6 Å². The first-order valence-electron chi connectivity index (χ1n) is 8.69. The van der Waals surface area contributed by atoms with Crippen LogP contribution in [0.2, 0.25) is 0 Å². The fourth-order valence-electron chi connectivity index (χ4n) is 3.84. The summed E-state index contributed by atoms with van der Waals surface area (Å²) in [6.45, 7) is 6.12. The summed E-state index contributed by atoms with van der Waals surface area (Å²) in [4.78, 5) is 21.5. The molecule has 1 aromatic heterocycles. The van der Waals surface area contributed by atoms with Crippen LogP contribution in [0.3, 0.4) is 0 Å². The molecule has 0 radical (unpaired) electrons. The summed E-state index contributed by atoms with van der Waals surface area (Å²) in [5.74, 6) is 1.00. The van der Waals surface area contributed by atoms with Crippen molar-refractivity contribution in [2.75, 3.05) is 39.4 Å². The Morgan fingerprint density at radius 2 is 2.30 bits per heavy atom. The maximum atomic E-state index is 12.5. The molecular weight excluding hydrogens is 310 g/mol. The maximum Gasteiger partial charge on any atom is 0.222 e. The average molecular weight is 335 g/mol. The van der Waals surface area contributed by atoms with E-state index in [-0.39, 0.29) is 5.41 Å². The van der Waals surface area contributed by atoms with Gasteiger partial charge in [0.2, 0.25) is 5.91 Å². The molecule has 3 aliphatic rings. The highest BCUT2D eigenvalue weighted by Gasteiger charge is 2.42. The number of carbonyl (C=O) groups excluding carboxylic acids is 1. The molecule has 1 spiro atoms. The van der Waals surface area contributed by atoms with Gasteiger partial charge in [0.25, 0.3) is 0 Å². The van der Waals surface area contributed by atoms with Gasteiger partial charge in [0.05, 0.1) is 19.8 Å². The van der Waals surface area contributed by atoms with E-state index in [1.165, 1.54) is 17.8 Å². The molecular formula is C17H25N3O2S. The Balaban J connectivity index is 1.39. The number of aromatic nitrogens is 1. The second-order valence-electron chi connectivity index (χ2n) is 7.40. The van der Waals surface area contributed by atoms with Crippen LogP contribution in [0, 0.1) is 11.3 Å². The highest BCUT2D eigenvalue weighted by atomic mass is 32.1. The molecule has 0 N–H and O–H groups in total. The van der Waals surface area contributed by atoms with Crippen LogP contribution in [0.1, 0.15) is 30.7 Å². The summed E-state index contributed by atoms with van der Waals surface area (Å²) < 4.78 is 5.88. The van der Waals surface area contributed by atoms with E-state index in [0.717, 1.165) is 52.2 Å². The molecule has 1 aromatic rings. The van der Waals surface area contributed by atoms with Crippen molar-refractivity contribution < 1.29 is 9.53 Å². The Morgan fingerprint density at radius 1 is 1.39 bits per heavy atom. The van der Waals surface area contributed by atoms with Gasteiger partial charge in [0.1, 0.15) is 5.01 Å². The Bertz CT molecular complexity index is 546. The Morgan fingerprint density at radius 3 is 3.09 bits per heavy atom. The third kappa shape index (κ3) is 3.75. The van der Waals surface area contributed by atoms with Gasteiger partial charge in [0, 0.05) is 43.0 Å². The Kier molecular flexibility index (Phi) is 4.39. The summed E-state index contributed by atoms with van der Waals surface area (Å²) in [6.07, 6.45) is 6.22. The molecule has 1 unspecified atom stereocenters. The quantitative estimate of drug-likeness (QED) is 0.844. The minimum Gasteiger partial charge on any atom is -0.379 e. The highest BCUT2D eigenvalue weighted by Crippen LogP contribution is 2.36. The molecule has 126 valence electrons. The molecule has 3 fully saturated rings. The highest BCUT2D eigenvalue weighted by molar-refractivity contribution is 7.09. The molecule has 23 heavy (non-hydrogen) atoms. The molecule has 5 nitrogen and oxygen atoms in total. The lowest BCUT2D eigenvalue weighted by Crippen LogP contribution is -2.43. The van der Waals surface area contributed by atoms with E-state index < -0.39 is 0 Å². The third-order valence-corrected chi connectivity index (χ3v) is 6.08. The van der Waals surface area contributed by atoms with Gasteiger partial charge in [0.15, 0.2) is 0 Å². The minimum atomic E-state index is 0.118. The van der Waals surface area contributed by atoms with Crippen molar-refractivity contribution in [2.24, 2.45) is 11.3 Å². The zero-order valence-electron chi connectivity index (χ0n) is 13.6. The van der Waals surface area contributed by atoms with E-state index >= 15 is 0 Å². The first-order valence-corrected chi connectivity index (χ1v) is 9.57. The normalized spacial score (nSPS) is 29.1. The molecule has 0 aromatic carbocycles. The monoisotopic (exact) mass is 335 g/mol. The lowest BCUT2D eigenvalue weighted by atomic mass is 9.87. The number of nitrogens with zero attached hydrogens (tertiary/aromatic N) is 3. The van der Waals surface area contributed by atoms with Gasteiger partial charge < -0.3 is 9.64 Å². The molecule has 1 aliphatic carbocycles. The van der Waals surface area contributed by atoms with Crippen molar-refractivity contribution in [3.05, 3.63) is 16.6 Å². The molecule has 2 saturated heterocycles. The van der Waals surface area contributed by atoms with Crippen molar-refractivity contribution in [2.45, 2.75) is 32.2 Å². The average Bonchev–Trinajstić information content (AvgIpc) is 3.11. The van der Waals surface area contributed by atoms with E-state index in [4.69, 9.17) is 4.74 Å². The molecule has 3 heterocycles. The fourth-order valence-corrected chi connectivity index (χ4v) is 4.49. The lowest BCUT2D eigenvalue weighted by molar-refractivity contribution is -0.132. The van der Waals surface area contributed by atoms with Crippen molar-refractivity contribution >= 4 is 17.2 Å². The fraction of sp³-hybridized carbons (Fsp3) is 0.765. The standard InChI is InChI=1S/C17H25N3O2S/c21-16(9-14-1-2-14)20-6-7-22-13-17(12-20)3-5-19(11-17)10-15-18-4-8-23-15/h4,8,14H,1-3,5-7,9-13H2. The van der Waals surface area contributed by atoms with Crippen molar-refractivity contribution in [1.29, 1.82) is 0 Å². The van der Waals surface area contributed by atoms with Crippen molar-refractivity contribution in [3.63, 3.8) is 0 Å². The third-order valence-electron chi connectivity index (χ3n) is 5.31. The van der Waals surface area contributed by atoms with E-state index in [1.807, 2.05) is 11.6 Å². The largest absolute Gasteiger partial charge is 0.379 e. The predicted octanol–water partition coefficient (Wildman–Crippen LogP) is 1.99. The first kappa shape index (κ1) is 15.5. The Hall–Kier alpha value is -0.980. The molecule has 1 saturated carbocycles. The lowest BCUT2D eigenvalue weighted by Gasteiger charge is -2.32. The zero-order valence-corrected chi connectivity index (χ0v) is 14.4.